The third-order valence-electron chi connectivity index (χ3n) is 2.61. The maximum atomic E-state index is 11.9. The normalized spacial score (nSPS) is 10.6. The predicted molar refractivity (Wildman–Crippen MR) is 91.1 cm³/mol. The minimum Gasteiger partial charge on any atom is -0.410 e. The second kappa shape index (κ2) is 7.08. The van der Waals surface area contributed by atoms with Gasteiger partial charge in [-0.15, -0.1) is 21.5 Å². The summed E-state index contributed by atoms with van der Waals surface area (Å²) >= 11 is 6.12. The SMILES string of the molecule is O=C(CSc1nnc(-c2cccs2)o1)Nc1ccccc1Br. The minimum atomic E-state index is -0.132. The summed E-state index contributed by atoms with van der Waals surface area (Å²) < 4.78 is 6.35. The topological polar surface area (TPSA) is 68.0 Å². The number of hydrogen-bond donors (Lipinski definition) is 1. The lowest BCUT2D eigenvalue weighted by molar-refractivity contribution is -0.113. The molecule has 3 aromatic rings. The zero-order valence-electron chi connectivity index (χ0n) is 11.2. The molecule has 0 aliphatic heterocycles. The summed E-state index contributed by atoms with van der Waals surface area (Å²) in [6, 6.07) is 11.3. The monoisotopic (exact) mass is 395 g/mol. The Labute approximate surface area is 143 Å². The van der Waals surface area contributed by atoms with E-state index in [0.717, 1.165) is 15.0 Å². The number of nitrogens with one attached hydrogen (secondary N) is 1. The summed E-state index contributed by atoms with van der Waals surface area (Å²) in [6.07, 6.45) is 0. The maximum absolute atomic E-state index is 11.9. The van der Waals surface area contributed by atoms with Gasteiger partial charge in [0.1, 0.15) is 0 Å². The number of thiophene rings is 1. The lowest BCUT2D eigenvalue weighted by Gasteiger charge is -2.05. The van der Waals surface area contributed by atoms with Crippen LogP contribution in [-0.4, -0.2) is 21.9 Å². The Balaban J connectivity index is 1.56. The average molecular weight is 396 g/mol. The van der Waals surface area contributed by atoms with Crippen LogP contribution in [0.5, 0.6) is 0 Å². The van der Waals surface area contributed by atoms with Crippen LogP contribution in [0.15, 0.2) is 55.9 Å². The highest BCUT2D eigenvalue weighted by molar-refractivity contribution is 9.10. The van der Waals surface area contributed by atoms with E-state index < -0.39 is 0 Å². The Hall–Kier alpha value is -1.64. The van der Waals surface area contributed by atoms with E-state index in [1.54, 1.807) is 0 Å². The van der Waals surface area contributed by atoms with Gasteiger partial charge in [0.25, 0.3) is 11.1 Å². The van der Waals surface area contributed by atoms with E-state index >= 15 is 0 Å². The predicted octanol–water partition coefficient (Wildman–Crippen LogP) is 4.29. The summed E-state index contributed by atoms with van der Waals surface area (Å²) in [5.41, 5.74) is 0.734. The van der Waals surface area contributed by atoms with Crippen LogP contribution in [-0.2, 0) is 4.79 Å². The van der Waals surface area contributed by atoms with Crippen molar-refractivity contribution in [3.63, 3.8) is 0 Å². The molecule has 112 valence electrons. The zero-order chi connectivity index (χ0) is 15.4. The molecule has 0 saturated heterocycles. The molecule has 1 N–H and O–H groups in total. The van der Waals surface area contributed by atoms with Crippen LogP contribution in [0.1, 0.15) is 0 Å². The first-order valence-corrected chi connectivity index (χ1v) is 8.93. The lowest BCUT2D eigenvalue weighted by atomic mass is 10.3. The van der Waals surface area contributed by atoms with Gasteiger partial charge in [-0.3, -0.25) is 4.79 Å². The molecule has 0 aliphatic carbocycles. The van der Waals surface area contributed by atoms with E-state index in [0.29, 0.717) is 11.1 Å². The number of halogens is 1. The Kier molecular flexibility index (Phi) is 4.91. The van der Waals surface area contributed by atoms with E-state index in [4.69, 9.17) is 4.42 Å². The number of aromatic nitrogens is 2. The van der Waals surface area contributed by atoms with Crippen molar-refractivity contribution in [1.29, 1.82) is 0 Å². The third kappa shape index (κ3) is 3.76. The number of para-hydroxylation sites is 1. The Morgan fingerprint density at radius 3 is 2.91 bits per heavy atom. The number of benzene rings is 1. The molecule has 8 heteroatoms. The van der Waals surface area contributed by atoms with Crippen LogP contribution in [0, 0.1) is 0 Å². The Morgan fingerprint density at radius 2 is 2.14 bits per heavy atom. The molecule has 3 rings (SSSR count). The van der Waals surface area contributed by atoms with E-state index in [1.165, 1.54) is 23.1 Å². The van der Waals surface area contributed by atoms with Crippen molar-refractivity contribution in [2.45, 2.75) is 5.22 Å². The molecule has 2 aromatic heterocycles. The molecular weight excluding hydrogens is 386 g/mol. The first-order valence-electron chi connectivity index (χ1n) is 6.27. The van der Waals surface area contributed by atoms with Gasteiger partial charge in [-0.05, 0) is 39.5 Å². The van der Waals surface area contributed by atoms with Gasteiger partial charge in [0.2, 0.25) is 5.91 Å². The highest BCUT2D eigenvalue weighted by atomic mass is 79.9. The fourth-order valence-corrected chi connectivity index (χ4v) is 3.24. The van der Waals surface area contributed by atoms with Crippen molar-refractivity contribution in [1.82, 2.24) is 10.2 Å². The molecule has 0 atom stereocenters. The largest absolute Gasteiger partial charge is 0.410 e. The molecule has 0 fully saturated rings. The van der Waals surface area contributed by atoms with Gasteiger partial charge in [0, 0.05) is 4.47 Å². The van der Waals surface area contributed by atoms with E-state index in [1.807, 2.05) is 41.8 Å². The minimum absolute atomic E-state index is 0.132. The fraction of sp³-hybridized carbons (Fsp3) is 0.0714. The van der Waals surface area contributed by atoms with Crippen molar-refractivity contribution in [3.05, 3.63) is 46.3 Å². The van der Waals surface area contributed by atoms with E-state index in [2.05, 4.69) is 31.4 Å². The van der Waals surface area contributed by atoms with Gasteiger partial charge in [-0.25, -0.2) is 0 Å². The number of anilines is 1. The number of thioether (sulfide) groups is 1. The lowest BCUT2D eigenvalue weighted by Crippen LogP contribution is -2.14. The van der Waals surface area contributed by atoms with Crippen molar-refractivity contribution >= 4 is 50.6 Å². The molecule has 0 aliphatic rings. The van der Waals surface area contributed by atoms with Crippen LogP contribution in [0.3, 0.4) is 0 Å². The number of amides is 1. The van der Waals surface area contributed by atoms with Crippen LogP contribution in [0.2, 0.25) is 0 Å². The summed E-state index contributed by atoms with van der Waals surface area (Å²) in [6.45, 7) is 0. The van der Waals surface area contributed by atoms with Gasteiger partial charge in [0.05, 0.1) is 16.3 Å². The first-order chi connectivity index (χ1) is 10.7. The van der Waals surface area contributed by atoms with Crippen molar-refractivity contribution in [2.75, 3.05) is 11.1 Å². The van der Waals surface area contributed by atoms with Gasteiger partial charge < -0.3 is 9.73 Å². The first kappa shape index (κ1) is 15.3. The fourth-order valence-electron chi connectivity index (χ4n) is 1.64. The second-order valence-corrected chi connectivity index (χ2v) is 6.90. The molecule has 0 spiro atoms. The van der Waals surface area contributed by atoms with Crippen molar-refractivity contribution in [3.8, 4) is 10.8 Å². The number of rotatable bonds is 5. The average Bonchev–Trinajstić information content (AvgIpc) is 3.18. The summed E-state index contributed by atoms with van der Waals surface area (Å²) in [5.74, 6) is 0.546. The van der Waals surface area contributed by atoms with Gasteiger partial charge in [0.15, 0.2) is 0 Å². The number of carbonyl (C=O) groups is 1. The highest BCUT2D eigenvalue weighted by Gasteiger charge is 2.12. The molecule has 0 bridgehead atoms. The molecule has 0 radical (unpaired) electrons. The molecule has 1 amide bonds. The number of hydrogen-bond acceptors (Lipinski definition) is 6. The van der Waals surface area contributed by atoms with Crippen LogP contribution in [0.4, 0.5) is 5.69 Å². The van der Waals surface area contributed by atoms with Crippen LogP contribution in [0.25, 0.3) is 10.8 Å². The van der Waals surface area contributed by atoms with Gasteiger partial charge in [-0.1, -0.05) is 30.0 Å². The molecule has 2 heterocycles. The number of carbonyl (C=O) groups excluding carboxylic acids is 1. The van der Waals surface area contributed by atoms with Gasteiger partial charge >= 0.3 is 0 Å². The standard InChI is InChI=1S/C14H10BrN3O2S2/c15-9-4-1-2-5-10(9)16-12(19)8-22-14-18-17-13(20-14)11-6-3-7-21-11/h1-7H,8H2,(H,16,19). The quantitative estimate of drug-likeness (QED) is 0.652. The molecule has 1 aromatic carbocycles. The summed E-state index contributed by atoms with van der Waals surface area (Å²) in [7, 11) is 0. The Bertz CT molecular complexity index is 774. The van der Waals surface area contributed by atoms with E-state index in [-0.39, 0.29) is 11.7 Å². The highest BCUT2D eigenvalue weighted by Crippen LogP contribution is 2.27. The summed E-state index contributed by atoms with van der Waals surface area (Å²) in [4.78, 5) is 12.8. The van der Waals surface area contributed by atoms with Crippen molar-refractivity contribution < 1.29 is 9.21 Å². The molecular formula is C14H10BrN3O2S2. The van der Waals surface area contributed by atoms with Gasteiger partial charge in [-0.2, -0.15) is 0 Å². The molecule has 22 heavy (non-hydrogen) atoms. The Morgan fingerprint density at radius 1 is 1.27 bits per heavy atom. The third-order valence-corrected chi connectivity index (χ3v) is 4.98. The second-order valence-electron chi connectivity index (χ2n) is 4.17. The smallest absolute Gasteiger partial charge is 0.277 e. The number of nitrogens with zero attached hydrogens (tertiary/aromatic N) is 2. The summed E-state index contributed by atoms with van der Waals surface area (Å²) in [5, 5.41) is 13.0. The molecule has 5 nitrogen and oxygen atoms in total. The van der Waals surface area contributed by atoms with E-state index in [9.17, 15) is 4.79 Å². The van der Waals surface area contributed by atoms with Crippen LogP contribution >= 0.6 is 39.0 Å². The van der Waals surface area contributed by atoms with Crippen molar-refractivity contribution in [2.24, 2.45) is 0 Å². The maximum Gasteiger partial charge on any atom is 0.277 e. The zero-order valence-corrected chi connectivity index (χ0v) is 14.4. The van der Waals surface area contributed by atoms with Crippen LogP contribution < -0.4 is 5.32 Å². The molecule has 0 unspecified atom stereocenters. The molecule has 0 saturated carbocycles.